The minimum absolute atomic E-state index is 0.401. The van der Waals surface area contributed by atoms with Gasteiger partial charge in [0.15, 0.2) is 11.9 Å². The van der Waals surface area contributed by atoms with Crippen LogP contribution in [0.5, 0.6) is 0 Å². The van der Waals surface area contributed by atoms with Crippen LogP contribution in [0.15, 0.2) is 42.6 Å². The zero-order chi connectivity index (χ0) is 16.9. The highest BCUT2D eigenvalue weighted by molar-refractivity contribution is 5.72. The Morgan fingerprint density at radius 1 is 1.21 bits per heavy atom. The first kappa shape index (κ1) is 16.3. The lowest BCUT2D eigenvalue weighted by molar-refractivity contribution is 0.111. The molecule has 0 amide bonds. The van der Waals surface area contributed by atoms with Crippen LogP contribution in [0.2, 0.25) is 0 Å². The molecule has 0 aliphatic carbocycles. The molecular formula is C19H22N4O. The largest absolute Gasteiger partial charge is 0.299 e. The Labute approximate surface area is 141 Å². The van der Waals surface area contributed by atoms with Crippen molar-refractivity contribution >= 4 is 11.9 Å². The van der Waals surface area contributed by atoms with Gasteiger partial charge in [0.25, 0.3) is 0 Å². The summed E-state index contributed by atoms with van der Waals surface area (Å²) in [6.45, 7) is 7.46. The summed E-state index contributed by atoms with van der Waals surface area (Å²) >= 11 is 0. The van der Waals surface area contributed by atoms with Crippen LogP contribution in [0.3, 0.4) is 0 Å². The SMILES string of the molecule is CCCN(CC)Cc1cccc(-c2cnc3ccc(C=O)nn23)c1. The van der Waals surface area contributed by atoms with Crippen LogP contribution in [0.1, 0.15) is 36.3 Å². The van der Waals surface area contributed by atoms with Crippen LogP contribution in [0.25, 0.3) is 16.9 Å². The summed E-state index contributed by atoms with van der Waals surface area (Å²) in [5.41, 5.74) is 4.36. The molecule has 0 saturated carbocycles. The average Bonchev–Trinajstić information content (AvgIpc) is 3.04. The Morgan fingerprint density at radius 2 is 2.08 bits per heavy atom. The molecular weight excluding hydrogens is 300 g/mol. The van der Waals surface area contributed by atoms with E-state index in [0.29, 0.717) is 5.69 Å². The fourth-order valence-electron chi connectivity index (χ4n) is 2.90. The zero-order valence-corrected chi connectivity index (χ0v) is 14.1. The molecule has 124 valence electrons. The number of nitrogens with zero attached hydrogens (tertiary/aromatic N) is 4. The summed E-state index contributed by atoms with van der Waals surface area (Å²) in [6.07, 6.45) is 3.71. The van der Waals surface area contributed by atoms with Crippen molar-refractivity contribution in [1.82, 2.24) is 19.5 Å². The molecule has 0 fully saturated rings. The normalized spacial score (nSPS) is 11.3. The first-order chi connectivity index (χ1) is 11.7. The number of carbonyl (C=O) groups excluding carboxylic acids is 1. The summed E-state index contributed by atoms with van der Waals surface area (Å²) in [7, 11) is 0. The molecule has 0 N–H and O–H groups in total. The molecule has 2 aromatic heterocycles. The van der Waals surface area contributed by atoms with E-state index in [-0.39, 0.29) is 0 Å². The highest BCUT2D eigenvalue weighted by Crippen LogP contribution is 2.22. The molecule has 24 heavy (non-hydrogen) atoms. The van der Waals surface area contributed by atoms with Crippen LogP contribution in [-0.2, 0) is 6.54 Å². The van der Waals surface area contributed by atoms with E-state index in [0.717, 1.165) is 49.2 Å². The van der Waals surface area contributed by atoms with Crippen molar-refractivity contribution in [2.75, 3.05) is 13.1 Å². The number of carbonyl (C=O) groups is 1. The summed E-state index contributed by atoms with van der Waals surface area (Å²) in [5.74, 6) is 0. The Kier molecular flexibility index (Phi) is 5.01. The fraction of sp³-hybridized carbons (Fsp3) is 0.316. The maximum atomic E-state index is 11.0. The van der Waals surface area contributed by atoms with E-state index in [9.17, 15) is 4.79 Å². The minimum Gasteiger partial charge on any atom is -0.299 e. The fourth-order valence-corrected chi connectivity index (χ4v) is 2.90. The molecule has 0 atom stereocenters. The zero-order valence-electron chi connectivity index (χ0n) is 14.1. The van der Waals surface area contributed by atoms with Gasteiger partial charge in [-0.25, -0.2) is 9.50 Å². The molecule has 0 saturated heterocycles. The van der Waals surface area contributed by atoms with Gasteiger partial charge in [-0.05, 0) is 43.3 Å². The number of aldehydes is 1. The number of hydrogen-bond acceptors (Lipinski definition) is 4. The maximum absolute atomic E-state index is 11.0. The topological polar surface area (TPSA) is 50.5 Å². The highest BCUT2D eigenvalue weighted by atomic mass is 16.1. The van der Waals surface area contributed by atoms with Gasteiger partial charge >= 0.3 is 0 Å². The van der Waals surface area contributed by atoms with Gasteiger partial charge in [-0.2, -0.15) is 5.10 Å². The monoisotopic (exact) mass is 322 g/mol. The van der Waals surface area contributed by atoms with Crippen LogP contribution in [0, 0.1) is 0 Å². The average molecular weight is 322 g/mol. The first-order valence-electron chi connectivity index (χ1n) is 8.36. The number of fused-ring (bicyclic) bond motifs is 1. The molecule has 0 bridgehead atoms. The van der Waals surface area contributed by atoms with Crippen LogP contribution < -0.4 is 0 Å². The minimum atomic E-state index is 0.401. The Hall–Kier alpha value is -2.53. The lowest BCUT2D eigenvalue weighted by Crippen LogP contribution is -2.23. The Bertz CT molecular complexity index is 840. The second-order valence-corrected chi connectivity index (χ2v) is 5.86. The van der Waals surface area contributed by atoms with Crippen molar-refractivity contribution < 1.29 is 4.79 Å². The molecule has 3 rings (SSSR count). The standard InChI is InChI=1S/C19H22N4O/c1-3-10-22(4-2)13-15-6-5-7-16(11-15)18-12-20-19-9-8-17(14-24)21-23(18)19/h5-9,11-12,14H,3-4,10,13H2,1-2H3. The predicted octanol–water partition coefficient (Wildman–Crippen LogP) is 3.44. The molecule has 0 spiro atoms. The quantitative estimate of drug-likeness (QED) is 0.625. The third kappa shape index (κ3) is 3.36. The van der Waals surface area contributed by atoms with Gasteiger partial charge in [-0.3, -0.25) is 9.69 Å². The second-order valence-electron chi connectivity index (χ2n) is 5.86. The molecule has 5 nitrogen and oxygen atoms in total. The molecule has 2 heterocycles. The third-order valence-corrected chi connectivity index (χ3v) is 4.12. The molecule has 3 aromatic rings. The Morgan fingerprint density at radius 3 is 2.83 bits per heavy atom. The van der Waals surface area contributed by atoms with Gasteiger partial charge in [0.1, 0.15) is 5.69 Å². The number of aromatic nitrogens is 3. The van der Waals surface area contributed by atoms with Gasteiger partial charge in [-0.15, -0.1) is 0 Å². The lowest BCUT2D eigenvalue weighted by Gasteiger charge is -2.19. The summed E-state index contributed by atoms with van der Waals surface area (Å²) in [4.78, 5) is 17.8. The van der Waals surface area contributed by atoms with Gasteiger partial charge in [0, 0.05) is 12.1 Å². The molecule has 0 aliphatic rings. The molecule has 0 radical (unpaired) electrons. The van der Waals surface area contributed by atoms with E-state index < -0.39 is 0 Å². The lowest BCUT2D eigenvalue weighted by atomic mass is 10.1. The van der Waals surface area contributed by atoms with Crippen molar-refractivity contribution in [2.45, 2.75) is 26.8 Å². The van der Waals surface area contributed by atoms with Gasteiger partial charge in [0.2, 0.25) is 0 Å². The van der Waals surface area contributed by atoms with E-state index in [4.69, 9.17) is 0 Å². The van der Waals surface area contributed by atoms with E-state index in [1.165, 1.54) is 5.56 Å². The number of imidazole rings is 1. The van der Waals surface area contributed by atoms with Crippen LogP contribution in [-0.4, -0.2) is 38.9 Å². The maximum Gasteiger partial charge on any atom is 0.170 e. The summed E-state index contributed by atoms with van der Waals surface area (Å²) < 4.78 is 1.73. The number of hydrogen-bond donors (Lipinski definition) is 0. The van der Waals surface area contributed by atoms with Gasteiger partial charge in [-0.1, -0.05) is 32.0 Å². The van der Waals surface area contributed by atoms with Gasteiger partial charge in [0.05, 0.1) is 11.9 Å². The van der Waals surface area contributed by atoms with E-state index in [1.54, 1.807) is 16.8 Å². The van der Waals surface area contributed by atoms with E-state index in [2.05, 4.69) is 53.1 Å². The third-order valence-electron chi connectivity index (χ3n) is 4.12. The predicted molar refractivity (Wildman–Crippen MR) is 95.1 cm³/mol. The van der Waals surface area contributed by atoms with Crippen molar-refractivity contribution in [3.8, 4) is 11.3 Å². The molecule has 0 aliphatic heterocycles. The van der Waals surface area contributed by atoms with E-state index in [1.807, 2.05) is 6.07 Å². The molecule has 5 heteroatoms. The van der Waals surface area contributed by atoms with Crippen molar-refractivity contribution in [1.29, 1.82) is 0 Å². The highest BCUT2D eigenvalue weighted by Gasteiger charge is 2.09. The van der Waals surface area contributed by atoms with Gasteiger partial charge < -0.3 is 0 Å². The molecule has 0 unspecified atom stereocenters. The van der Waals surface area contributed by atoms with Crippen molar-refractivity contribution in [2.24, 2.45) is 0 Å². The number of rotatable bonds is 7. The molecule has 1 aromatic carbocycles. The number of benzene rings is 1. The second kappa shape index (κ2) is 7.36. The van der Waals surface area contributed by atoms with Crippen LogP contribution in [0.4, 0.5) is 0 Å². The van der Waals surface area contributed by atoms with E-state index >= 15 is 0 Å². The first-order valence-corrected chi connectivity index (χ1v) is 8.36. The summed E-state index contributed by atoms with van der Waals surface area (Å²) in [6, 6.07) is 11.9. The van der Waals surface area contributed by atoms with Crippen LogP contribution >= 0.6 is 0 Å². The smallest absolute Gasteiger partial charge is 0.170 e. The van der Waals surface area contributed by atoms with Crippen molar-refractivity contribution in [3.05, 3.63) is 53.9 Å². The summed E-state index contributed by atoms with van der Waals surface area (Å²) in [5, 5.41) is 4.34. The Balaban J connectivity index is 1.95. The van der Waals surface area contributed by atoms with Crippen molar-refractivity contribution in [3.63, 3.8) is 0 Å².